The molecule has 5 rings (SSSR count). The Kier molecular flexibility index (Phi) is 5.34. The number of carbonyl (C=O) groups excluding carboxylic acids is 1. The lowest BCUT2D eigenvalue weighted by Gasteiger charge is -2.29. The summed E-state index contributed by atoms with van der Waals surface area (Å²) in [5.41, 5.74) is -2.41. The number of carbonyl (C=O) groups is 1. The number of oxime groups is 1. The van der Waals surface area contributed by atoms with Gasteiger partial charge in [0.1, 0.15) is 0 Å². The van der Waals surface area contributed by atoms with Crippen molar-refractivity contribution >= 4 is 56.2 Å². The minimum absolute atomic E-state index is 0.0468. The third kappa shape index (κ3) is 3.76. The van der Waals surface area contributed by atoms with E-state index in [4.69, 9.17) is 28.0 Å². The Morgan fingerprint density at radius 2 is 1.88 bits per heavy atom. The Labute approximate surface area is 199 Å². The maximum Gasteiger partial charge on any atom is 0.435 e. The van der Waals surface area contributed by atoms with E-state index in [1.807, 2.05) is 0 Å². The molecular formula is C22H14Cl2F4N2O2S. The van der Waals surface area contributed by atoms with Crippen molar-refractivity contribution in [2.75, 3.05) is 0 Å². The smallest absolute Gasteiger partial charge is 0.374 e. The van der Waals surface area contributed by atoms with E-state index < -0.39 is 39.6 Å². The average Bonchev–Trinajstić information content (AvgIpc) is 3.25. The lowest BCUT2D eigenvalue weighted by atomic mass is 9.86. The first kappa shape index (κ1) is 22.4. The first-order chi connectivity index (χ1) is 15.6. The lowest BCUT2D eigenvalue weighted by molar-refractivity contribution is -0.275. The fourth-order valence-electron chi connectivity index (χ4n) is 3.81. The lowest BCUT2D eigenvalue weighted by Crippen LogP contribution is -2.42. The first-order valence-corrected chi connectivity index (χ1v) is 11.5. The van der Waals surface area contributed by atoms with Crippen LogP contribution >= 0.6 is 34.5 Å². The number of alkyl halides is 3. The van der Waals surface area contributed by atoms with Crippen LogP contribution in [0.5, 0.6) is 0 Å². The van der Waals surface area contributed by atoms with E-state index in [1.54, 1.807) is 23.6 Å². The van der Waals surface area contributed by atoms with Crippen LogP contribution in [0.4, 0.5) is 17.6 Å². The Bertz CT molecular complexity index is 1300. The van der Waals surface area contributed by atoms with Crippen LogP contribution in [0, 0.1) is 5.82 Å². The number of amides is 1. The molecule has 3 aromatic rings. The SMILES string of the molecule is O=C(NC1CC1)c1ccc(C2=NOC(c3cc(Cl)c(F)c(Cl)c3)(C(F)(F)F)C2)c2sccc12. The van der Waals surface area contributed by atoms with Crippen LogP contribution in [0.25, 0.3) is 10.1 Å². The summed E-state index contributed by atoms with van der Waals surface area (Å²) in [6.45, 7) is 0. The molecule has 2 heterocycles. The zero-order valence-electron chi connectivity index (χ0n) is 16.6. The zero-order chi connectivity index (χ0) is 23.5. The molecule has 1 aliphatic carbocycles. The van der Waals surface area contributed by atoms with Crippen molar-refractivity contribution in [2.24, 2.45) is 5.16 Å². The molecule has 4 nitrogen and oxygen atoms in total. The fraction of sp³-hybridized carbons (Fsp3) is 0.273. The average molecular weight is 517 g/mol. The fourth-order valence-corrected chi connectivity index (χ4v) is 5.26. The molecular weight excluding hydrogens is 503 g/mol. The van der Waals surface area contributed by atoms with Crippen molar-refractivity contribution < 1.29 is 27.2 Å². The number of halogens is 6. The van der Waals surface area contributed by atoms with E-state index >= 15 is 0 Å². The Balaban J connectivity index is 1.54. The van der Waals surface area contributed by atoms with Gasteiger partial charge in [-0.1, -0.05) is 34.4 Å². The number of fused-ring (bicyclic) bond motifs is 1. The molecule has 33 heavy (non-hydrogen) atoms. The summed E-state index contributed by atoms with van der Waals surface area (Å²) < 4.78 is 57.3. The molecule has 0 radical (unpaired) electrons. The van der Waals surface area contributed by atoms with Gasteiger partial charge in [-0.3, -0.25) is 4.79 Å². The minimum Gasteiger partial charge on any atom is -0.374 e. The number of hydrogen-bond acceptors (Lipinski definition) is 4. The Morgan fingerprint density at radius 1 is 1.18 bits per heavy atom. The third-order valence-electron chi connectivity index (χ3n) is 5.72. The maximum absolute atomic E-state index is 14.3. The predicted molar refractivity (Wildman–Crippen MR) is 119 cm³/mol. The molecule has 0 saturated heterocycles. The number of benzene rings is 2. The molecule has 172 valence electrons. The van der Waals surface area contributed by atoms with Crippen molar-refractivity contribution in [2.45, 2.75) is 37.1 Å². The second-order valence-corrected chi connectivity index (χ2v) is 9.69. The van der Waals surface area contributed by atoms with Gasteiger partial charge in [-0.25, -0.2) is 4.39 Å². The van der Waals surface area contributed by atoms with E-state index in [0.29, 0.717) is 21.2 Å². The van der Waals surface area contributed by atoms with Gasteiger partial charge < -0.3 is 10.2 Å². The molecule has 0 spiro atoms. The highest BCUT2D eigenvalue weighted by Gasteiger charge is 2.62. The predicted octanol–water partition coefficient (Wildman–Crippen LogP) is 6.82. The van der Waals surface area contributed by atoms with Crippen LogP contribution in [0.15, 0.2) is 40.9 Å². The van der Waals surface area contributed by atoms with Crippen LogP contribution in [-0.4, -0.2) is 23.8 Å². The molecule has 1 N–H and O–H groups in total. The summed E-state index contributed by atoms with van der Waals surface area (Å²) in [5.74, 6) is -1.24. The molecule has 1 unspecified atom stereocenters. The van der Waals surface area contributed by atoms with Gasteiger partial charge in [0.25, 0.3) is 11.5 Å². The molecule has 1 amide bonds. The van der Waals surface area contributed by atoms with Crippen molar-refractivity contribution in [1.82, 2.24) is 5.32 Å². The molecule has 11 heteroatoms. The van der Waals surface area contributed by atoms with Crippen molar-refractivity contribution in [3.63, 3.8) is 0 Å². The van der Waals surface area contributed by atoms with Gasteiger partial charge in [0, 0.05) is 32.8 Å². The highest BCUT2D eigenvalue weighted by atomic mass is 35.5. The minimum atomic E-state index is -4.90. The van der Waals surface area contributed by atoms with E-state index in [1.165, 1.54) is 11.3 Å². The van der Waals surface area contributed by atoms with Crippen LogP contribution in [0.3, 0.4) is 0 Å². The molecule has 1 aliphatic heterocycles. The number of rotatable bonds is 4. The monoisotopic (exact) mass is 516 g/mol. The van der Waals surface area contributed by atoms with Gasteiger partial charge in [-0.2, -0.15) is 13.2 Å². The molecule has 1 saturated carbocycles. The summed E-state index contributed by atoms with van der Waals surface area (Å²) in [6, 6.07) is 6.75. The maximum atomic E-state index is 14.3. The van der Waals surface area contributed by atoms with E-state index in [0.717, 1.165) is 25.0 Å². The molecule has 1 atom stereocenters. The highest BCUT2D eigenvalue weighted by Crippen LogP contribution is 2.50. The summed E-state index contributed by atoms with van der Waals surface area (Å²) >= 11 is 12.8. The second-order valence-electron chi connectivity index (χ2n) is 7.96. The standard InChI is InChI=1S/C22H14Cl2F4N2O2S/c23-15-7-10(8-16(24)18(15)25)21(22(26,27)28)9-17(30-32-21)14-4-3-13(12-5-6-33-19(12)14)20(31)29-11-1-2-11/h3-8,11H,1-2,9H2,(H,29,31). The molecule has 2 aromatic carbocycles. The summed E-state index contributed by atoms with van der Waals surface area (Å²) in [5, 5.41) is 7.96. The quantitative estimate of drug-likeness (QED) is 0.305. The topological polar surface area (TPSA) is 50.7 Å². The van der Waals surface area contributed by atoms with Gasteiger partial charge in [0.15, 0.2) is 5.82 Å². The number of hydrogen-bond donors (Lipinski definition) is 1. The molecule has 1 aromatic heterocycles. The van der Waals surface area contributed by atoms with Crippen LogP contribution in [0.1, 0.15) is 40.7 Å². The van der Waals surface area contributed by atoms with Gasteiger partial charge in [0.05, 0.1) is 22.2 Å². The highest BCUT2D eigenvalue weighted by molar-refractivity contribution is 7.17. The second kappa shape index (κ2) is 7.85. The number of nitrogens with one attached hydrogen (secondary N) is 1. The normalized spacial score (nSPS) is 20.6. The third-order valence-corrected chi connectivity index (χ3v) is 7.22. The van der Waals surface area contributed by atoms with Crippen LogP contribution in [-0.2, 0) is 10.4 Å². The summed E-state index contributed by atoms with van der Waals surface area (Å²) in [4.78, 5) is 17.6. The van der Waals surface area contributed by atoms with E-state index in [9.17, 15) is 22.4 Å². The molecule has 1 fully saturated rings. The van der Waals surface area contributed by atoms with Crippen LogP contribution in [0.2, 0.25) is 10.0 Å². The number of thiophene rings is 1. The Morgan fingerprint density at radius 3 is 2.52 bits per heavy atom. The Hall–Kier alpha value is -2.36. The van der Waals surface area contributed by atoms with Gasteiger partial charge in [0.2, 0.25) is 0 Å². The van der Waals surface area contributed by atoms with Crippen molar-refractivity contribution in [1.29, 1.82) is 0 Å². The van der Waals surface area contributed by atoms with E-state index in [-0.39, 0.29) is 17.7 Å². The van der Waals surface area contributed by atoms with Crippen molar-refractivity contribution in [3.8, 4) is 0 Å². The first-order valence-electron chi connectivity index (χ1n) is 9.89. The summed E-state index contributed by atoms with van der Waals surface area (Å²) in [7, 11) is 0. The molecule has 2 aliphatic rings. The summed E-state index contributed by atoms with van der Waals surface area (Å²) in [6.07, 6.45) is -3.71. The number of nitrogens with zero attached hydrogens (tertiary/aromatic N) is 1. The van der Waals surface area contributed by atoms with Crippen LogP contribution < -0.4 is 5.32 Å². The van der Waals surface area contributed by atoms with E-state index in [2.05, 4.69) is 10.5 Å². The van der Waals surface area contributed by atoms with Gasteiger partial charge in [-0.05, 0) is 42.5 Å². The van der Waals surface area contributed by atoms with Gasteiger partial charge in [-0.15, -0.1) is 11.3 Å². The largest absolute Gasteiger partial charge is 0.435 e. The zero-order valence-corrected chi connectivity index (χ0v) is 18.9. The van der Waals surface area contributed by atoms with Crippen molar-refractivity contribution in [3.05, 3.63) is 68.3 Å². The van der Waals surface area contributed by atoms with Gasteiger partial charge >= 0.3 is 6.18 Å². The molecule has 0 bridgehead atoms.